The number of nitrogens with zero attached hydrogens (tertiary/aromatic N) is 1. The lowest BCUT2D eigenvalue weighted by Crippen LogP contribution is -2.44. The number of carbonyl (C=O) groups is 2. The summed E-state index contributed by atoms with van der Waals surface area (Å²) < 4.78 is 4.76. The van der Waals surface area contributed by atoms with Gasteiger partial charge in [0.05, 0.1) is 6.54 Å². The molecule has 0 spiro atoms. The van der Waals surface area contributed by atoms with Crippen molar-refractivity contribution in [3.05, 3.63) is 0 Å². The van der Waals surface area contributed by atoms with Crippen molar-refractivity contribution in [3.8, 4) is 0 Å². The normalized spacial score (nSPS) is 27.9. The minimum Gasteiger partial charge on any atom is -0.478 e. The molecule has 2 aliphatic heterocycles. The summed E-state index contributed by atoms with van der Waals surface area (Å²) in [5.41, 5.74) is 0. The van der Waals surface area contributed by atoms with Crippen molar-refractivity contribution in [2.24, 2.45) is 0 Å². The van der Waals surface area contributed by atoms with Gasteiger partial charge < -0.3 is 20.1 Å². The van der Waals surface area contributed by atoms with E-state index in [4.69, 9.17) is 9.84 Å². The molecule has 2 fully saturated rings. The minimum atomic E-state index is -1.07. The summed E-state index contributed by atoms with van der Waals surface area (Å²) in [5, 5.41) is 11.9. The lowest BCUT2D eigenvalue weighted by Gasteiger charge is -2.29. The number of carbonyl (C=O) groups excluding carboxylic acids is 1. The van der Waals surface area contributed by atoms with Crippen molar-refractivity contribution in [3.63, 3.8) is 0 Å². The van der Waals surface area contributed by atoms with Crippen LogP contribution in [0.15, 0.2) is 0 Å². The lowest BCUT2D eigenvalue weighted by atomic mass is 10.1. The summed E-state index contributed by atoms with van der Waals surface area (Å²) >= 11 is 0. The zero-order valence-corrected chi connectivity index (χ0v) is 8.31. The van der Waals surface area contributed by atoms with Crippen LogP contribution < -0.4 is 5.32 Å². The number of carboxylic acid groups (broad SMARTS) is 1. The third-order valence-corrected chi connectivity index (χ3v) is 2.86. The molecule has 2 rings (SSSR count). The van der Waals surface area contributed by atoms with Crippen molar-refractivity contribution in [1.29, 1.82) is 0 Å². The Morgan fingerprint density at radius 1 is 1.47 bits per heavy atom. The Labute approximate surface area is 87.2 Å². The number of aliphatic carboxylic acids is 1. The number of hydrogen-bond donors (Lipinski definition) is 2. The second kappa shape index (κ2) is 4.06. The van der Waals surface area contributed by atoms with Gasteiger partial charge in [0.2, 0.25) is 6.10 Å². The number of hydrogen-bond acceptors (Lipinski definition) is 4. The Morgan fingerprint density at radius 2 is 2.13 bits per heavy atom. The third kappa shape index (κ3) is 2.04. The molecule has 84 valence electrons. The molecule has 1 amide bonds. The van der Waals surface area contributed by atoms with Crippen LogP contribution in [0.1, 0.15) is 12.8 Å². The van der Waals surface area contributed by atoms with Gasteiger partial charge in [-0.2, -0.15) is 0 Å². The zero-order chi connectivity index (χ0) is 10.8. The third-order valence-electron chi connectivity index (χ3n) is 2.86. The van der Waals surface area contributed by atoms with Gasteiger partial charge in [-0.05, 0) is 25.9 Å². The quantitative estimate of drug-likeness (QED) is 0.656. The van der Waals surface area contributed by atoms with Crippen LogP contribution in [0, 0.1) is 0 Å². The lowest BCUT2D eigenvalue weighted by molar-refractivity contribution is -0.144. The molecule has 0 saturated carbocycles. The molecule has 0 radical (unpaired) electrons. The van der Waals surface area contributed by atoms with Gasteiger partial charge >= 0.3 is 12.1 Å². The van der Waals surface area contributed by atoms with E-state index in [1.54, 1.807) is 4.90 Å². The van der Waals surface area contributed by atoms with Crippen LogP contribution in [-0.2, 0) is 9.53 Å². The van der Waals surface area contributed by atoms with Gasteiger partial charge in [0.25, 0.3) is 0 Å². The summed E-state index contributed by atoms with van der Waals surface area (Å²) in [6.07, 6.45) is 0.241. The molecule has 15 heavy (non-hydrogen) atoms. The predicted octanol–water partition coefficient (Wildman–Crippen LogP) is -0.356. The molecule has 0 aromatic carbocycles. The van der Waals surface area contributed by atoms with Crippen molar-refractivity contribution in [2.75, 3.05) is 19.6 Å². The monoisotopic (exact) mass is 214 g/mol. The van der Waals surface area contributed by atoms with Crippen molar-refractivity contribution in [2.45, 2.75) is 25.0 Å². The van der Waals surface area contributed by atoms with Crippen molar-refractivity contribution in [1.82, 2.24) is 10.2 Å². The van der Waals surface area contributed by atoms with E-state index in [1.165, 1.54) is 0 Å². The average molecular weight is 214 g/mol. The molecule has 6 nitrogen and oxygen atoms in total. The van der Waals surface area contributed by atoms with Crippen LogP contribution in [0.4, 0.5) is 4.79 Å². The minimum absolute atomic E-state index is 0.128. The molecule has 0 bridgehead atoms. The number of carboxylic acids is 1. The largest absolute Gasteiger partial charge is 0.478 e. The van der Waals surface area contributed by atoms with Gasteiger partial charge in [-0.15, -0.1) is 0 Å². The van der Waals surface area contributed by atoms with E-state index in [0.717, 1.165) is 25.9 Å². The van der Waals surface area contributed by atoms with Crippen LogP contribution in [0.3, 0.4) is 0 Å². The second-order valence-electron chi connectivity index (χ2n) is 3.84. The van der Waals surface area contributed by atoms with E-state index in [0.29, 0.717) is 0 Å². The van der Waals surface area contributed by atoms with E-state index in [2.05, 4.69) is 5.32 Å². The SMILES string of the molecule is O=C(O)C1CN(C2CCNCC2)C(=O)O1. The summed E-state index contributed by atoms with van der Waals surface area (Å²) in [6.45, 7) is 1.91. The average Bonchev–Trinajstić information content (AvgIpc) is 2.62. The molecule has 0 aromatic heterocycles. The maximum atomic E-state index is 11.4. The number of amides is 1. The topological polar surface area (TPSA) is 78.9 Å². The van der Waals surface area contributed by atoms with Crippen LogP contribution in [0.2, 0.25) is 0 Å². The summed E-state index contributed by atoms with van der Waals surface area (Å²) in [6, 6.07) is 0.128. The first-order valence-electron chi connectivity index (χ1n) is 5.09. The fraction of sp³-hybridized carbons (Fsp3) is 0.778. The number of cyclic esters (lactones) is 1. The number of nitrogens with one attached hydrogen (secondary N) is 1. The molecule has 1 unspecified atom stereocenters. The highest BCUT2D eigenvalue weighted by atomic mass is 16.6. The van der Waals surface area contributed by atoms with Gasteiger partial charge in [-0.1, -0.05) is 0 Å². The van der Waals surface area contributed by atoms with E-state index >= 15 is 0 Å². The van der Waals surface area contributed by atoms with E-state index in [9.17, 15) is 9.59 Å². The Balaban J connectivity index is 1.97. The molecule has 2 saturated heterocycles. The molecule has 1 atom stereocenters. The van der Waals surface area contributed by atoms with Gasteiger partial charge in [0, 0.05) is 6.04 Å². The Kier molecular flexibility index (Phi) is 2.77. The van der Waals surface area contributed by atoms with Crippen LogP contribution in [-0.4, -0.2) is 53.8 Å². The Morgan fingerprint density at radius 3 is 2.67 bits per heavy atom. The molecule has 0 aromatic rings. The molecule has 6 heteroatoms. The summed E-state index contributed by atoms with van der Waals surface area (Å²) in [5.74, 6) is -1.07. The molecular formula is C9H14N2O4. The van der Waals surface area contributed by atoms with E-state index in [-0.39, 0.29) is 12.6 Å². The second-order valence-corrected chi connectivity index (χ2v) is 3.84. The van der Waals surface area contributed by atoms with Crippen LogP contribution in [0.5, 0.6) is 0 Å². The highest BCUT2D eigenvalue weighted by Gasteiger charge is 2.39. The van der Waals surface area contributed by atoms with Gasteiger partial charge in [0.1, 0.15) is 0 Å². The standard InChI is InChI=1S/C9H14N2O4/c12-8(13)7-5-11(9(14)15-7)6-1-3-10-4-2-6/h6-7,10H,1-5H2,(H,12,13). The summed E-state index contributed by atoms with van der Waals surface area (Å²) in [7, 11) is 0. The molecule has 2 heterocycles. The number of ether oxygens (including phenoxy) is 1. The molecular weight excluding hydrogens is 200 g/mol. The van der Waals surface area contributed by atoms with Gasteiger partial charge in [-0.3, -0.25) is 0 Å². The molecule has 0 aliphatic carbocycles. The Bertz CT molecular complexity index is 275. The highest BCUT2D eigenvalue weighted by Crippen LogP contribution is 2.19. The van der Waals surface area contributed by atoms with Crippen molar-refractivity contribution >= 4 is 12.1 Å². The Hall–Kier alpha value is -1.30. The molecule has 2 aliphatic rings. The maximum Gasteiger partial charge on any atom is 0.411 e. The number of piperidine rings is 1. The highest BCUT2D eigenvalue weighted by molar-refractivity contribution is 5.81. The smallest absolute Gasteiger partial charge is 0.411 e. The van der Waals surface area contributed by atoms with Crippen LogP contribution in [0.25, 0.3) is 0 Å². The first-order valence-corrected chi connectivity index (χ1v) is 5.09. The molecule has 2 N–H and O–H groups in total. The predicted molar refractivity (Wildman–Crippen MR) is 50.5 cm³/mol. The van der Waals surface area contributed by atoms with Gasteiger partial charge in [-0.25, -0.2) is 9.59 Å². The van der Waals surface area contributed by atoms with E-state index < -0.39 is 18.2 Å². The fourth-order valence-electron chi connectivity index (χ4n) is 2.02. The summed E-state index contributed by atoms with van der Waals surface area (Å²) in [4.78, 5) is 23.6. The number of rotatable bonds is 2. The maximum absolute atomic E-state index is 11.4. The van der Waals surface area contributed by atoms with E-state index in [1.807, 2.05) is 0 Å². The zero-order valence-electron chi connectivity index (χ0n) is 8.31. The van der Waals surface area contributed by atoms with Crippen LogP contribution >= 0.6 is 0 Å². The fourth-order valence-corrected chi connectivity index (χ4v) is 2.02. The van der Waals surface area contributed by atoms with Gasteiger partial charge in [0.15, 0.2) is 0 Å². The first kappa shape index (κ1) is 10.2. The van der Waals surface area contributed by atoms with Crippen molar-refractivity contribution < 1.29 is 19.4 Å². The first-order chi connectivity index (χ1) is 7.18.